The molecule has 1 atom stereocenters. The largest absolute Gasteiger partial charge is 0.506 e. The van der Waals surface area contributed by atoms with E-state index in [0.29, 0.717) is 29.7 Å². The molecule has 24 heavy (non-hydrogen) atoms. The minimum Gasteiger partial charge on any atom is -0.506 e. The summed E-state index contributed by atoms with van der Waals surface area (Å²) in [5, 5.41) is 22.1. The Morgan fingerprint density at radius 1 is 1.46 bits per heavy atom. The van der Waals surface area contributed by atoms with Gasteiger partial charge in [-0.1, -0.05) is 6.92 Å². The summed E-state index contributed by atoms with van der Waals surface area (Å²) in [7, 11) is -4.64. The van der Waals surface area contributed by atoms with Crippen LogP contribution < -0.4 is 5.32 Å². The monoisotopic (exact) mass is 362 g/mol. The molecule has 0 saturated heterocycles. The third-order valence-electron chi connectivity index (χ3n) is 3.59. The number of aromatic hydroxyl groups is 1. The second-order valence-corrected chi connectivity index (χ2v) is 6.62. The Hall–Kier alpha value is -1.51. The number of aliphatic carboxylic acids is 1. The third-order valence-corrected chi connectivity index (χ3v) is 4.05. The highest BCUT2D eigenvalue weighted by molar-refractivity contribution is 7.46. The van der Waals surface area contributed by atoms with Crippen molar-refractivity contribution in [1.29, 1.82) is 0 Å². The smallest absolute Gasteiger partial charge is 0.469 e. The summed E-state index contributed by atoms with van der Waals surface area (Å²) >= 11 is 0. The van der Waals surface area contributed by atoms with Gasteiger partial charge in [0.05, 0.1) is 12.3 Å². The zero-order valence-electron chi connectivity index (χ0n) is 13.6. The molecule has 0 fully saturated rings. The highest BCUT2D eigenvalue weighted by atomic mass is 31.2. The van der Waals surface area contributed by atoms with Gasteiger partial charge < -0.3 is 25.3 Å². The minimum absolute atomic E-state index is 0.0288. The first kappa shape index (κ1) is 20.5. The number of rotatable bonds is 10. The van der Waals surface area contributed by atoms with Crippen LogP contribution in [0, 0.1) is 6.92 Å². The van der Waals surface area contributed by atoms with Crippen LogP contribution in [-0.4, -0.2) is 37.0 Å². The maximum absolute atomic E-state index is 10.8. The molecule has 0 aliphatic carbocycles. The number of phosphoric ester groups is 1. The molecule has 136 valence electrons. The van der Waals surface area contributed by atoms with Crippen LogP contribution in [0.5, 0.6) is 5.75 Å². The van der Waals surface area contributed by atoms with Crippen LogP contribution in [-0.2, 0) is 27.0 Å². The minimum atomic E-state index is -4.64. The molecule has 5 N–H and O–H groups in total. The fourth-order valence-electron chi connectivity index (χ4n) is 2.15. The molecule has 0 amide bonds. The molecule has 1 aromatic heterocycles. The topological polar surface area (TPSA) is 149 Å². The van der Waals surface area contributed by atoms with Crippen molar-refractivity contribution >= 4 is 13.8 Å². The van der Waals surface area contributed by atoms with E-state index >= 15 is 0 Å². The van der Waals surface area contributed by atoms with Crippen molar-refractivity contribution in [1.82, 2.24) is 10.3 Å². The molecule has 0 aromatic carbocycles. The summed E-state index contributed by atoms with van der Waals surface area (Å²) < 4.78 is 15.3. The zero-order chi connectivity index (χ0) is 18.3. The Morgan fingerprint density at radius 3 is 2.67 bits per heavy atom. The van der Waals surface area contributed by atoms with Crippen molar-refractivity contribution in [2.24, 2.45) is 0 Å². The lowest BCUT2D eigenvalue weighted by molar-refractivity contribution is -0.137. The van der Waals surface area contributed by atoms with Crippen molar-refractivity contribution in [2.45, 2.75) is 52.3 Å². The number of nitrogens with one attached hydrogen (secondary N) is 1. The molecule has 1 heterocycles. The highest BCUT2D eigenvalue weighted by Crippen LogP contribution is 2.38. The molecular weight excluding hydrogens is 339 g/mol. The summed E-state index contributed by atoms with van der Waals surface area (Å²) in [5.41, 5.74) is 1.15. The van der Waals surface area contributed by atoms with Gasteiger partial charge in [0, 0.05) is 36.3 Å². The van der Waals surface area contributed by atoms with E-state index in [4.69, 9.17) is 14.9 Å². The first-order valence-corrected chi connectivity index (χ1v) is 8.98. The van der Waals surface area contributed by atoms with Gasteiger partial charge in [-0.15, -0.1) is 0 Å². The fraction of sp³-hybridized carbons (Fsp3) is 0.571. The number of aryl methyl sites for hydroxylation is 1. The summed E-state index contributed by atoms with van der Waals surface area (Å²) in [5.74, 6) is -0.962. The van der Waals surface area contributed by atoms with E-state index in [0.717, 1.165) is 0 Å². The van der Waals surface area contributed by atoms with Crippen LogP contribution in [0.4, 0.5) is 0 Å². The lowest BCUT2D eigenvalue weighted by Gasteiger charge is -2.19. The van der Waals surface area contributed by atoms with E-state index in [1.165, 1.54) is 6.20 Å². The van der Waals surface area contributed by atoms with Gasteiger partial charge in [0.25, 0.3) is 0 Å². The molecule has 0 aliphatic rings. The number of carboxylic acids is 1. The van der Waals surface area contributed by atoms with Crippen LogP contribution in [0.3, 0.4) is 0 Å². The number of hydrogen-bond donors (Lipinski definition) is 5. The van der Waals surface area contributed by atoms with Gasteiger partial charge in [0.1, 0.15) is 5.75 Å². The number of phosphoric acid groups is 1. The summed E-state index contributed by atoms with van der Waals surface area (Å²) in [4.78, 5) is 32.2. The molecule has 0 spiro atoms. The average molecular weight is 362 g/mol. The second-order valence-electron chi connectivity index (χ2n) is 5.38. The first-order valence-electron chi connectivity index (χ1n) is 7.45. The number of nitrogens with zero attached hydrogens (tertiary/aromatic N) is 1. The lowest BCUT2D eigenvalue weighted by atomic mass is 10.1. The van der Waals surface area contributed by atoms with Crippen molar-refractivity contribution in [2.75, 3.05) is 0 Å². The van der Waals surface area contributed by atoms with Crippen molar-refractivity contribution < 1.29 is 33.9 Å². The number of hydrogen-bond acceptors (Lipinski definition) is 6. The summed E-state index contributed by atoms with van der Waals surface area (Å²) in [6.07, 6.45) is 2.55. The van der Waals surface area contributed by atoms with Gasteiger partial charge in [0.2, 0.25) is 0 Å². The fourth-order valence-corrected chi connectivity index (χ4v) is 2.46. The van der Waals surface area contributed by atoms with Crippen LogP contribution >= 0.6 is 7.82 Å². The van der Waals surface area contributed by atoms with E-state index in [1.54, 1.807) is 6.92 Å². The normalized spacial score (nSPS) is 13.0. The predicted molar refractivity (Wildman–Crippen MR) is 85.3 cm³/mol. The van der Waals surface area contributed by atoms with Gasteiger partial charge in [-0.05, 0) is 19.8 Å². The quantitative estimate of drug-likeness (QED) is 0.390. The SMILES string of the molecule is CC[C@H](CCC(=O)O)NCc1c(COP(=O)(O)O)cnc(C)c1O. The maximum atomic E-state index is 10.8. The molecule has 9 nitrogen and oxygen atoms in total. The Morgan fingerprint density at radius 2 is 2.12 bits per heavy atom. The molecule has 0 bridgehead atoms. The van der Waals surface area contributed by atoms with E-state index < -0.39 is 20.4 Å². The number of aromatic nitrogens is 1. The molecule has 10 heteroatoms. The van der Waals surface area contributed by atoms with Crippen LogP contribution in [0.25, 0.3) is 0 Å². The molecular formula is C14H23N2O7P. The Bertz CT molecular complexity index is 617. The van der Waals surface area contributed by atoms with E-state index in [-0.39, 0.29) is 24.8 Å². The van der Waals surface area contributed by atoms with Crippen LogP contribution in [0.15, 0.2) is 6.20 Å². The van der Waals surface area contributed by atoms with E-state index in [2.05, 4.69) is 14.8 Å². The molecule has 0 unspecified atom stereocenters. The van der Waals surface area contributed by atoms with Crippen molar-refractivity contribution in [3.05, 3.63) is 23.0 Å². The van der Waals surface area contributed by atoms with Crippen LogP contribution in [0.2, 0.25) is 0 Å². The van der Waals surface area contributed by atoms with Crippen molar-refractivity contribution in [3.63, 3.8) is 0 Å². The number of carbonyl (C=O) groups is 1. The molecule has 0 radical (unpaired) electrons. The molecule has 0 saturated carbocycles. The molecule has 0 aliphatic heterocycles. The summed E-state index contributed by atoms with van der Waals surface area (Å²) in [6, 6.07) is -0.0653. The highest BCUT2D eigenvalue weighted by Gasteiger charge is 2.19. The van der Waals surface area contributed by atoms with Gasteiger partial charge in [-0.2, -0.15) is 0 Å². The van der Waals surface area contributed by atoms with Crippen molar-refractivity contribution in [3.8, 4) is 5.75 Å². The van der Waals surface area contributed by atoms with Gasteiger partial charge in [-0.25, -0.2) is 4.57 Å². The summed E-state index contributed by atoms with van der Waals surface area (Å²) in [6.45, 7) is 3.32. The number of carboxylic acid groups (broad SMARTS) is 1. The molecule has 1 aromatic rings. The number of pyridine rings is 1. The molecule has 1 rings (SSSR count). The van der Waals surface area contributed by atoms with Crippen LogP contribution in [0.1, 0.15) is 43.0 Å². The third kappa shape index (κ3) is 6.94. The van der Waals surface area contributed by atoms with Gasteiger partial charge in [-0.3, -0.25) is 14.3 Å². The Balaban J connectivity index is 2.85. The second kappa shape index (κ2) is 9.10. The zero-order valence-corrected chi connectivity index (χ0v) is 14.5. The standard InChI is InChI=1S/C14H23N2O7P/c1-3-11(4-5-13(17)18)16-7-12-10(8-23-24(20,21)22)6-15-9(2)14(12)19/h6,11,16,19H,3-5,7-8H2,1-2H3,(H,17,18)(H2,20,21,22)/t11-/m1/s1. The predicted octanol–water partition coefficient (Wildman–Crippen LogP) is 1.44. The Kier molecular flexibility index (Phi) is 7.78. The van der Waals surface area contributed by atoms with E-state index in [1.807, 2.05) is 6.92 Å². The van der Waals surface area contributed by atoms with Gasteiger partial charge in [0.15, 0.2) is 0 Å². The lowest BCUT2D eigenvalue weighted by Crippen LogP contribution is -2.29. The van der Waals surface area contributed by atoms with E-state index in [9.17, 15) is 14.5 Å². The maximum Gasteiger partial charge on any atom is 0.469 e. The van der Waals surface area contributed by atoms with Gasteiger partial charge >= 0.3 is 13.8 Å². The Labute approximate surface area is 139 Å². The average Bonchev–Trinajstić information content (AvgIpc) is 2.49. The first-order chi connectivity index (χ1) is 11.1.